The van der Waals surface area contributed by atoms with Gasteiger partial charge in [0.05, 0.1) is 11.5 Å². The fourth-order valence-corrected chi connectivity index (χ4v) is 4.85. The first-order valence-electron chi connectivity index (χ1n) is 10.5. The minimum atomic E-state index is -0.0298. The molecular weight excluding hydrogens is 451 g/mol. The quantitative estimate of drug-likeness (QED) is 0.521. The highest BCUT2D eigenvalue weighted by atomic mass is 35.5. The van der Waals surface area contributed by atoms with Crippen molar-refractivity contribution in [3.8, 4) is 0 Å². The highest BCUT2D eigenvalue weighted by Crippen LogP contribution is 2.48. The van der Waals surface area contributed by atoms with Crippen molar-refractivity contribution < 1.29 is 9.59 Å². The molecule has 0 aliphatic heterocycles. The number of carbonyl (C=O) groups is 2. The molecule has 2 fully saturated rings. The summed E-state index contributed by atoms with van der Waals surface area (Å²) in [6.07, 6.45) is 4.28. The molecular formula is C24H26Cl2N2O2S. The maximum atomic E-state index is 12.2. The van der Waals surface area contributed by atoms with Crippen molar-refractivity contribution in [3.63, 3.8) is 0 Å². The Hall–Kier alpha value is -1.69. The molecule has 4 rings (SSSR count). The van der Waals surface area contributed by atoms with E-state index >= 15 is 0 Å². The van der Waals surface area contributed by atoms with E-state index in [0.717, 1.165) is 35.7 Å². The molecule has 0 bridgehead atoms. The Labute approximate surface area is 197 Å². The van der Waals surface area contributed by atoms with Gasteiger partial charge in [-0.3, -0.25) is 9.59 Å². The Morgan fingerprint density at radius 1 is 0.710 bits per heavy atom. The van der Waals surface area contributed by atoms with Crippen molar-refractivity contribution in [2.24, 2.45) is 0 Å². The molecule has 164 valence electrons. The van der Waals surface area contributed by atoms with Gasteiger partial charge in [-0.1, -0.05) is 47.5 Å². The minimum Gasteiger partial charge on any atom is -0.354 e. The lowest BCUT2D eigenvalue weighted by atomic mass is 9.96. The highest BCUT2D eigenvalue weighted by molar-refractivity contribution is 8.00. The number of amides is 2. The zero-order valence-electron chi connectivity index (χ0n) is 17.3. The highest BCUT2D eigenvalue weighted by Gasteiger charge is 2.45. The van der Waals surface area contributed by atoms with Crippen LogP contribution in [0.4, 0.5) is 0 Å². The van der Waals surface area contributed by atoms with E-state index in [1.54, 1.807) is 0 Å². The number of hydrogen-bond donors (Lipinski definition) is 2. The van der Waals surface area contributed by atoms with E-state index < -0.39 is 0 Å². The van der Waals surface area contributed by atoms with Gasteiger partial charge in [0.2, 0.25) is 11.8 Å². The standard InChI is InChI=1S/C24H26Cl2N2O2S/c25-19-5-1-17(2-6-19)23(9-10-23)15-27-21(29)13-31-14-22(30)28-16-24(11-12-24)18-3-7-20(26)8-4-18/h1-8H,9-16H2,(H,27,29)(H,28,30). The van der Waals surface area contributed by atoms with E-state index in [9.17, 15) is 9.59 Å². The summed E-state index contributed by atoms with van der Waals surface area (Å²) in [5.74, 6) is 0.509. The number of halogens is 2. The average molecular weight is 477 g/mol. The van der Waals surface area contributed by atoms with Crippen LogP contribution in [0.15, 0.2) is 48.5 Å². The first-order chi connectivity index (χ1) is 14.9. The average Bonchev–Trinajstić information content (AvgIpc) is 3.68. The van der Waals surface area contributed by atoms with Crippen LogP contribution in [0.25, 0.3) is 0 Å². The Bertz CT molecular complexity index is 862. The van der Waals surface area contributed by atoms with Crippen molar-refractivity contribution in [2.75, 3.05) is 24.6 Å². The van der Waals surface area contributed by atoms with Crippen LogP contribution in [-0.4, -0.2) is 36.4 Å². The maximum absolute atomic E-state index is 12.2. The van der Waals surface area contributed by atoms with E-state index in [4.69, 9.17) is 23.2 Å². The molecule has 2 saturated carbocycles. The lowest BCUT2D eigenvalue weighted by molar-refractivity contribution is -0.119. The van der Waals surface area contributed by atoms with Gasteiger partial charge in [0, 0.05) is 34.0 Å². The van der Waals surface area contributed by atoms with Crippen LogP contribution in [0.3, 0.4) is 0 Å². The molecule has 0 heterocycles. The van der Waals surface area contributed by atoms with Crippen LogP contribution in [0.1, 0.15) is 36.8 Å². The summed E-state index contributed by atoms with van der Waals surface area (Å²) in [5.41, 5.74) is 2.53. The molecule has 31 heavy (non-hydrogen) atoms. The van der Waals surface area contributed by atoms with E-state index in [1.807, 2.05) is 48.5 Å². The molecule has 2 amide bonds. The molecule has 2 aromatic carbocycles. The molecule has 7 heteroatoms. The van der Waals surface area contributed by atoms with Gasteiger partial charge in [-0.25, -0.2) is 0 Å². The first kappa shape index (κ1) is 22.5. The van der Waals surface area contributed by atoms with Gasteiger partial charge in [-0.05, 0) is 61.1 Å². The molecule has 4 nitrogen and oxygen atoms in total. The topological polar surface area (TPSA) is 58.2 Å². The van der Waals surface area contributed by atoms with E-state index in [2.05, 4.69) is 10.6 Å². The maximum Gasteiger partial charge on any atom is 0.230 e. The molecule has 0 unspecified atom stereocenters. The molecule has 2 N–H and O–H groups in total. The van der Waals surface area contributed by atoms with Crippen molar-refractivity contribution in [3.05, 3.63) is 69.7 Å². The van der Waals surface area contributed by atoms with E-state index in [0.29, 0.717) is 13.1 Å². The molecule has 0 aromatic heterocycles. The van der Waals surface area contributed by atoms with E-state index in [1.165, 1.54) is 22.9 Å². The van der Waals surface area contributed by atoms with Crippen molar-refractivity contribution >= 4 is 46.8 Å². The molecule has 0 radical (unpaired) electrons. The zero-order chi connectivity index (χ0) is 21.9. The summed E-state index contributed by atoms with van der Waals surface area (Å²) >= 11 is 13.3. The van der Waals surface area contributed by atoms with Crippen LogP contribution >= 0.6 is 35.0 Å². The number of thioether (sulfide) groups is 1. The second-order valence-corrected chi connectivity index (χ2v) is 10.5. The number of rotatable bonds is 10. The largest absolute Gasteiger partial charge is 0.354 e. The Balaban J connectivity index is 1.14. The third-order valence-electron chi connectivity index (χ3n) is 6.33. The van der Waals surface area contributed by atoms with Gasteiger partial charge < -0.3 is 10.6 Å². The molecule has 2 aliphatic carbocycles. The summed E-state index contributed by atoms with van der Waals surface area (Å²) in [5, 5.41) is 7.50. The summed E-state index contributed by atoms with van der Waals surface area (Å²) < 4.78 is 0. The second kappa shape index (κ2) is 9.43. The third kappa shape index (κ3) is 5.76. The lowest BCUT2D eigenvalue weighted by Gasteiger charge is -2.17. The predicted molar refractivity (Wildman–Crippen MR) is 128 cm³/mol. The van der Waals surface area contributed by atoms with Crippen LogP contribution < -0.4 is 10.6 Å². The van der Waals surface area contributed by atoms with E-state index in [-0.39, 0.29) is 34.2 Å². The third-order valence-corrected chi connectivity index (χ3v) is 7.77. The number of hydrogen-bond acceptors (Lipinski definition) is 3. The van der Waals surface area contributed by atoms with Gasteiger partial charge in [0.15, 0.2) is 0 Å². The van der Waals surface area contributed by atoms with Gasteiger partial charge in [0.1, 0.15) is 0 Å². The Morgan fingerprint density at radius 2 is 1.06 bits per heavy atom. The van der Waals surface area contributed by atoms with Gasteiger partial charge in [0.25, 0.3) is 0 Å². The van der Waals surface area contributed by atoms with Crippen LogP contribution in [-0.2, 0) is 20.4 Å². The van der Waals surface area contributed by atoms with Crippen LogP contribution in [0, 0.1) is 0 Å². The SMILES string of the molecule is O=C(CSCC(=O)NCC1(c2ccc(Cl)cc2)CC1)NCC1(c2ccc(Cl)cc2)CC1. The second-order valence-electron chi connectivity index (χ2n) is 8.62. The summed E-state index contributed by atoms with van der Waals surface area (Å²) in [7, 11) is 0. The van der Waals surface area contributed by atoms with Gasteiger partial charge in [-0.15, -0.1) is 11.8 Å². The van der Waals surface area contributed by atoms with Gasteiger partial charge in [-0.2, -0.15) is 0 Å². The molecule has 2 aromatic rings. The van der Waals surface area contributed by atoms with Crippen molar-refractivity contribution in [1.82, 2.24) is 10.6 Å². The summed E-state index contributed by atoms with van der Waals surface area (Å²) in [4.78, 5) is 24.5. The number of nitrogens with one attached hydrogen (secondary N) is 2. The molecule has 2 aliphatic rings. The minimum absolute atomic E-state index is 0.0298. The summed E-state index contributed by atoms with van der Waals surface area (Å²) in [6.45, 7) is 1.26. The Morgan fingerprint density at radius 3 is 1.39 bits per heavy atom. The fourth-order valence-electron chi connectivity index (χ4n) is 3.92. The zero-order valence-corrected chi connectivity index (χ0v) is 19.6. The monoisotopic (exact) mass is 476 g/mol. The normalized spacial score (nSPS) is 17.6. The fraction of sp³-hybridized carbons (Fsp3) is 0.417. The molecule has 0 saturated heterocycles. The predicted octanol–water partition coefficient (Wildman–Crippen LogP) is 4.72. The Kier molecular flexibility index (Phi) is 6.85. The van der Waals surface area contributed by atoms with Crippen LogP contribution in [0.2, 0.25) is 10.0 Å². The molecule has 0 atom stereocenters. The van der Waals surface area contributed by atoms with Gasteiger partial charge >= 0.3 is 0 Å². The lowest BCUT2D eigenvalue weighted by Crippen LogP contribution is -2.35. The number of benzene rings is 2. The summed E-state index contributed by atoms with van der Waals surface area (Å²) in [6, 6.07) is 15.7. The van der Waals surface area contributed by atoms with Crippen LogP contribution in [0.5, 0.6) is 0 Å². The first-order valence-corrected chi connectivity index (χ1v) is 12.5. The van der Waals surface area contributed by atoms with Crippen molar-refractivity contribution in [1.29, 1.82) is 0 Å². The smallest absolute Gasteiger partial charge is 0.230 e. The van der Waals surface area contributed by atoms with Crippen molar-refractivity contribution in [2.45, 2.75) is 36.5 Å². The molecule has 0 spiro atoms. The number of carbonyl (C=O) groups excluding carboxylic acids is 2.